The molecule has 148 valence electrons. The van der Waals surface area contributed by atoms with Crippen LogP contribution in [0.1, 0.15) is 52.4 Å². The number of esters is 1. The van der Waals surface area contributed by atoms with E-state index < -0.39 is 0 Å². The molecular weight excluding hydrogens is 354 g/mol. The van der Waals surface area contributed by atoms with Gasteiger partial charge in [0.2, 0.25) is 0 Å². The Morgan fingerprint density at radius 2 is 1.61 bits per heavy atom. The minimum atomic E-state index is -0.342. The Hall–Kier alpha value is -2.89. The van der Waals surface area contributed by atoms with Crippen LogP contribution in [0.3, 0.4) is 0 Å². The lowest BCUT2D eigenvalue weighted by atomic mass is 10.1. The van der Waals surface area contributed by atoms with Gasteiger partial charge in [-0.15, -0.1) is 14.1 Å². The number of aromatic nitrogens is 3. The van der Waals surface area contributed by atoms with Crippen LogP contribution in [-0.4, -0.2) is 26.6 Å². The second kappa shape index (κ2) is 8.00. The maximum absolute atomic E-state index is 11.6. The van der Waals surface area contributed by atoms with Gasteiger partial charge in [0.1, 0.15) is 22.5 Å². The zero-order valence-electron chi connectivity index (χ0n) is 16.6. The highest BCUT2D eigenvalue weighted by atomic mass is 16.5. The minimum absolute atomic E-state index is 0.342. The van der Waals surface area contributed by atoms with Crippen molar-refractivity contribution < 1.29 is 14.3 Å². The SMILES string of the molecule is CCCCCCCCOc1ccc(-n2n3c4ccccc4n23)c(OC(C)=O)c1. The van der Waals surface area contributed by atoms with Crippen molar-refractivity contribution >= 4 is 17.0 Å². The van der Waals surface area contributed by atoms with Crippen molar-refractivity contribution in [1.82, 2.24) is 14.1 Å². The number of para-hydroxylation sites is 2. The average molecular weight is 381 g/mol. The smallest absolute Gasteiger partial charge is 0.308 e. The minimum Gasteiger partial charge on any atom is -0.493 e. The molecule has 0 unspecified atom stereocenters. The van der Waals surface area contributed by atoms with Gasteiger partial charge in [-0.25, -0.2) is 0 Å². The lowest BCUT2D eigenvalue weighted by Gasteiger charge is -2.10. The largest absolute Gasteiger partial charge is 0.493 e. The molecule has 0 saturated heterocycles. The zero-order valence-corrected chi connectivity index (χ0v) is 16.6. The Bertz CT molecular complexity index is 1010. The van der Waals surface area contributed by atoms with Gasteiger partial charge in [-0.1, -0.05) is 51.2 Å². The second-order valence-corrected chi connectivity index (χ2v) is 7.20. The normalized spacial score (nSPS) is 11.6. The Morgan fingerprint density at radius 1 is 0.929 bits per heavy atom. The summed E-state index contributed by atoms with van der Waals surface area (Å²) >= 11 is 0. The standard InChI is InChI=1S/C22H27N3O3/c1-3-4-5-6-7-10-15-27-18-13-14-21(22(16-18)28-17(2)26)25-23-19-11-8-9-12-20(19)24(23)25/h8-9,11-14,16H,3-7,10,15H2,1-2H3. The van der Waals surface area contributed by atoms with Gasteiger partial charge in [-0.05, 0) is 30.7 Å². The summed E-state index contributed by atoms with van der Waals surface area (Å²) in [7, 11) is 0. The third kappa shape index (κ3) is 3.59. The van der Waals surface area contributed by atoms with Crippen LogP contribution >= 0.6 is 0 Å². The molecule has 0 atom stereocenters. The van der Waals surface area contributed by atoms with E-state index in [4.69, 9.17) is 9.47 Å². The number of rotatable bonds is 10. The predicted octanol–water partition coefficient (Wildman–Crippen LogP) is 5.09. The van der Waals surface area contributed by atoms with Gasteiger partial charge in [0.25, 0.3) is 0 Å². The van der Waals surface area contributed by atoms with Crippen molar-refractivity contribution in [3.63, 3.8) is 0 Å². The molecule has 4 aromatic rings. The number of unbranched alkanes of at least 4 members (excludes halogenated alkanes) is 5. The molecular formula is C22H27N3O3. The van der Waals surface area contributed by atoms with Crippen molar-refractivity contribution in [2.24, 2.45) is 0 Å². The Balaban J connectivity index is 1.45. The van der Waals surface area contributed by atoms with E-state index in [2.05, 4.69) is 19.1 Å². The molecule has 6 heteroatoms. The van der Waals surface area contributed by atoms with Crippen LogP contribution < -0.4 is 9.47 Å². The van der Waals surface area contributed by atoms with E-state index in [0.717, 1.165) is 28.9 Å². The number of carbonyl (C=O) groups excluding carboxylic acids is 1. The topological polar surface area (TPSA) is 49.3 Å². The summed E-state index contributed by atoms with van der Waals surface area (Å²) in [6, 6.07) is 13.8. The lowest BCUT2D eigenvalue weighted by molar-refractivity contribution is -0.131. The molecule has 2 heterocycles. The predicted molar refractivity (Wildman–Crippen MR) is 109 cm³/mol. The van der Waals surface area contributed by atoms with E-state index in [1.165, 1.54) is 39.0 Å². The maximum Gasteiger partial charge on any atom is 0.308 e. The first-order valence-corrected chi connectivity index (χ1v) is 10.1. The number of carbonyl (C=O) groups is 1. The van der Waals surface area contributed by atoms with Gasteiger partial charge in [0.15, 0.2) is 5.75 Å². The van der Waals surface area contributed by atoms with Crippen LogP contribution in [0, 0.1) is 0 Å². The first-order valence-electron chi connectivity index (χ1n) is 10.1. The molecule has 6 nitrogen and oxygen atoms in total. The quantitative estimate of drug-likeness (QED) is 0.218. The fraction of sp³-hybridized carbons (Fsp3) is 0.409. The van der Waals surface area contributed by atoms with Crippen LogP contribution in [0.25, 0.3) is 16.7 Å². The van der Waals surface area contributed by atoms with Crippen molar-refractivity contribution in [3.05, 3.63) is 42.5 Å². The molecule has 0 aliphatic rings. The van der Waals surface area contributed by atoms with E-state index in [1.807, 2.05) is 38.3 Å². The summed E-state index contributed by atoms with van der Waals surface area (Å²) in [6.45, 7) is 4.32. The summed E-state index contributed by atoms with van der Waals surface area (Å²) in [6.07, 6.45) is 7.35. The summed E-state index contributed by atoms with van der Waals surface area (Å²) in [5.41, 5.74) is 3.10. The molecule has 0 amide bonds. The molecule has 2 aromatic carbocycles. The van der Waals surface area contributed by atoms with Gasteiger partial charge in [-0.2, -0.15) is 0 Å². The number of hydrogen-bond donors (Lipinski definition) is 0. The fourth-order valence-corrected chi connectivity index (χ4v) is 3.56. The molecule has 0 N–H and O–H groups in total. The van der Waals surface area contributed by atoms with Gasteiger partial charge >= 0.3 is 5.97 Å². The van der Waals surface area contributed by atoms with Crippen LogP contribution in [0.2, 0.25) is 0 Å². The van der Waals surface area contributed by atoms with Gasteiger partial charge in [0.05, 0.1) is 6.61 Å². The van der Waals surface area contributed by atoms with Crippen molar-refractivity contribution in [2.45, 2.75) is 52.4 Å². The highest BCUT2D eigenvalue weighted by Crippen LogP contribution is 2.33. The molecule has 0 aliphatic heterocycles. The van der Waals surface area contributed by atoms with E-state index in [1.54, 1.807) is 6.07 Å². The number of fused-ring (bicyclic) bond motifs is 4. The Labute approximate surface area is 164 Å². The lowest BCUT2D eigenvalue weighted by Crippen LogP contribution is -2.05. The van der Waals surface area contributed by atoms with E-state index >= 15 is 0 Å². The molecule has 28 heavy (non-hydrogen) atoms. The van der Waals surface area contributed by atoms with Gasteiger partial charge in [-0.3, -0.25) is 4.79 Å². The van der Waals surface area contributed by atoms with Crippen LogP contribution in [0.5, 0.6) is 11.5 Å². The summed E-state index contributed by atoms with van der Waals surface area (Å²) in [5.74, 6) is 0.893. The first kappa shape index (κ1) is 18.5. The summed E-state index contributed by atoms with van der Waals surface area (Å²) in [4.78, 5) is 13.6. The van der Waals surface area contributed by atoms with Gasteiger partial charge in [0, 0.05) is 13.0 Å². The maximum atomic E-state index is 11.6. The highest BCUT2D eigenvalue weighted by molar-refractivity contribution is 5.80. The van der Waals surface area contributed by atoms with E-state index in [0.29, 0.717) is 12.4 Å². The summed E-state index contributed by atoms with van der Waals surface area (Å²) < 4.78 is 15.4. The number of ether oxygens (including phenoxy) is 2. The van der Waals surface area contributed by atoms with Crippen LogP contribution in [0.15, 0.2) is 42.5 Å². The van der Waals surface area contributed by atoms with Crippen molar-refractivity contribution in [2.75, 3.05) is 6.61 Å². The highest BCUT2D eigenvalue weighted by Gasteiger charge is 2.26. The fourth-order valence-electron chi connectivity index (χ4n) is 3.56. The second-order valence-electron chi connectivity index (χ2n) is 7.20. The third-order valence-electron chi connectivity index (χ3n) is 4.99. The zero-order chi connectivity index (χ0) is 19.5. The molecule has 0 radical (unpaired) electrons. The number of hydrogen-bond acceptors (Lipinski definition) is 3. The Morgan fingerprint density at radius 3 is 2.29 bits per heavy atom. The van der Waals surface area contributed by atoms with E-state index in [-0.39, 0.29) is 5.97 Å². The first-order chi connectivity index (χ1) is 13.7. The number of benzene rings is 2. The molecule has 2 aromatic heterocycles. The van der Waals surface area contributed by atoms with Crippen molar-refractivity contribution in [3.8, 4) is 17.2 Å². The van der Waals surface area contributed by atoms with Gasteiger partial charge < -0.3 is 9.47 Å². The molecule has 0 fully saturated rings. The van der Waals surface area contributed by atoms with Crippen molar-refractivity contribution in [1.29, 1.82) is 0 Å². The monoisotopic (exact) mass is 381 g/mol. The third-order valence-corrected chi connectivity index (χ3v) is 4.99. The summed E-state index contributed by atoms with van der Waals surface area (Å²) in [5, 5.41) is 0. The molecule has 4 rings (SSSR count). The molecule has 0 spiro atoms. The number of nitrogens with zero attached hydrogens (tertiary/aromatic N) is 3. The average Bonchev–Trinajstić information content (AvgIpc) is 3.33. The Kier molecular flexibility index (Phi) is 5.28. The molecule has 0 aliphatic carbocycles. The van der Waals surface area contributed by atoms with Crippen LogP contribution in [0.4, 0.5) is 0 Å². The van der Waals surface area contributed by atoms with E-state index in [9.17, 15) is 4.79 Å². The molecule has 0 saturated carbocycles. The molecule has 0 bridgehead atoms. The van der Waals surface area contributed by atoms with Crippen LogP contribution in [-0.2, 0) is 4.79 Å².